The number of amides is 2. The molecule has 8 heteroatoms. The number of benzene rings is 2. The predicted molar refractivity (Wildman–Crippen MR) is 109 cm³/mol. The lowest BCUT2D eigenvalue weighted by molar-refractivity contribution is -0.159. The van der Waals surface area contributed by atoms with Crippen molar-refractivity contribution in [2.45, 2.75) is 25.9 Å². The van der Waals surface area contributed by atoms with Gasteiger partial charge in [0.05, 0.1) is 5.92 Å². The van der Waals surface area contributed by atoms with E-state index in [1.807, 2.05) is 36.4 Å². The Balaban J connectivity index is 1.49. The minimum Gasteiger partial charge on any atom is -0.479 e. The molecule has 3 N–H and O–H groups in total. The normalized spacial score (nSPS) is 14.2. The Kier molecular flexibility index (Phi) is 6.68. The van der Waals surface area contributed by atoms with Gasteiger partial charge in [-0.25, -0.2) is 15.1 Å². The number of carbonyl (C=O) groups is 3. The van der Waals surface area contributed by atoms with Crippen molar-refractivity contribution in [1.82, 2.24) is 10.8 Å². The van der Waals surface area contributed by atoms with Crippen molar-refractivity contribution in [3.05, 3.63) is 59.7 Å². The third kappa shape index (κ3) is 4.77. The van der Waals surface area contributed by atoms with Crippen LogP contribution in [0.3, 0.4) is 0 Å². The van der Waals surface area contributed by atoms with Crippen LogP contribution in [0.1, 0.15) is 30.9 Å². The van der Waals surface area contributed by atoms with Crippen molar-refractivity contribution in [3.63, 3.8) is 0 Å². The average molecular weight is 412 g/mol. The van der Waals surface area contributed by atoms with E-state index in [9.17, 15) is 14.4 Å². The first-order valence-corrected chi connectivity index (χ1v) is 9.65. The van der Waals surface area contributed by atoms with Crippen LogP contribution < -0.4 is 10.8 Å². The molecule has 30 heavy (non-hydrogen) atoms. The first-order valence-electron chi connectivity index (χ1n) is 9.65. The van der Waals surface area contributed by atoms with Crippen molar-refractivity contribution < 1.29 is 29.1 Å². The summed E-state index contributed by atoms with van der Waals surface area (Å²) in [5, 5.41) is 11.3. The number of carboxylic acid groups (broad SMARTS) is 1. The highest BCUT2D eigenvalue weighted by Gasteiger charge is 2.29. The van der Waals surface area contributed by atoms with Crippen molar-refractivity contribution in [1.29, 1.82) is 0 Å². The molecule has 2 unspecified atom stereocenters. The van der Waals surface area contributed by atoms with Crippen molar-refractivity contribution in [3.8, 4) is 11.1 Å². The van der Waals surface area contributed by atoms with Crippen LogP contribution in [0.5, 0.6) is 0 Å². The summed E-state index contributed by atoms with van der Waals surface area (Å²) >= 11 is 0. The molecule has 0 heterocycles. The number of rotatable bonds is 8. The van der Waals surface area contributed by atoms with E-state index in [0.29, 0.717) is 0 Å². The van der Waals surface area contributed by atoms with E-state index in [1.54, 1.807) is 6.92 Å². The van der Waals surface area contributed by atoms with E-state index in [0.717, 1.165) is 22.3 Å². The number of carboxylic acids is 1. The molecular weight excluding hydrogens is 388 g/mol. The van der Waals surface area contributed by atoms with Gasteiger partial charge >= 0.3 is 12.1 Å². The van der Waals surface area contributed by atoms with Crippen LogP contribution >= 0.6 is 0 Å². The number of aliphatic carboxylic acids is 1. The molecule has 2 amide bonds. The van der Waals surface area contributed by atoms with Gasteiger partial charge in [0, 0.05) is 12.5 Å². The number of nitrogens with one attached hydrogen (secondary N) is 2. The first kappa shape index (κ1) is 21.3. The third-order valence-corrected chi connectivity index (χ3v) is 5.03. The summed E-state index contributed by atoms with van der Waals surface area (Å²) in [7, 11) is 0. The lowest BCUT2D eigenvalue weighted by Gasteiger charge is -2.16. The van der Waals surface area contributed by atoms with Gasteiger partial charge in [-0.1, -0.05) is 55.5 Å². The van der Waals surface area contributed by atoms with Gasteiger partial charge in [0.2, 0.25) is 5.91 Å². The summed E-state index contributed by atoms with van der Waals surface area (Å²) in [6.07, 6.45) is -1.80. The highest BCUT2D eigenvalue weighted by molar-refractivity contribution is 5.80. The monoisotopic (exact) mass is 412 g/mol. The Bertz CT molecular complexity index is 899. The molecule has 0 aliphatic heterocycles. The lowest BCUT2D eigenvalue weighted by Crippen LogP contribution is -2.40. The fraction of sp³-hybridized carbons (Fsp3) is 0.318. The van der Waals surface area contributed by atoms with Gasteiger partial charge in [-0.05, 0) is 29.2 Å². The number of hydrogen-bond donors (Lipinski definition) is 3. The maximum absolute atomic E-state index is 12.1. The number of ether oxygens (including phenoxy) is 1. The molecule has 1 aliphatic carbocycles. The second-order valence-electron chi connectivity index (χ2n) is 7.17. The minimum absolute atomic E-state index is 0.0212. The molecule has 3 rings (SSSR count). The average Bonchev–Trinajstić information content (AvgIpc) is 3.07. The third-order valence-electron chi connectivity index (χ3n) is 5.03. The highest BCUT2D eigenvalue weighted by atomic mass is 16.7. The molecule has 8 nitrogen and oxygen atoms in total. The van der Waals surface area contributed by atoms with Crippen LogP contribution in [0.15, 0.2) is 48.5 Å². The summed E-state index contributed by atoms with van der Waals surface area (Å²) in [6.45, 7) is 3.07. The molecule has 0 saturated carbocycles. The van der Waals surface area contributed by atoms with Crippen LogP contribution in [0.25, 0.3) is 11.1 Å². The predicted octanol–water partition coefficient (Wildman–Crippen LogP) is 2.68. The maximum Gasteiger partial charge on any atom is 0.407 e. The highest BCUT2D eigenvalue weighted by Crippen LogP contribution is 2.44. The quantitative estimate of drug-likeness (QED) is 0.575. The fourth-order valence-electron chi connectivity index (χ4n) is 3.28. The molecule has 158 valence electrons. The van der Waals surface area contributed by atoms with Crippen molar-refractivity contribution >= 4 is 18.0 Å². The van der Waals surface area contributed by atoms with E-state index >= 15 is 0 Å². The molecule has 0 saturated heterocycles. The largest absolute Gasteiger partial charge is 0.479 e. The molecule has 0 aromatic heterocycles. The Morgan fingerprint density at radius 1 is 1.00 bits per heavy atom. The zero-order chi connectivity index (χ0) is 21.7. The van der Waals surface area contributed by atoms with E-state index < -0.39 is 30.0 Å². The molecular formula is C22H24N2O6. The number of fused-ring (bicyclic) bond motifs is 3. The zero-order valence-electron chi connectivity index (χ0n) is 16.8. The number of carbonyl (C=O) groups excluding carboxylic acids is 2. The maximum atomic E-state index is 12.1. The van der Waals surface area contributed by atoms with E-state index in [-0.39, 0.29) is 19.1 Å². The van der Waals surface area contributed by atoms with Gasteiger partial charge in [-0.15, -0.1) is 0 Å². The summed E-state index contributed by atoms with van der Waals surface area (Å²) in [6, 6.07) is 16.1. The van der Waals surface area contributed by atoms with Crippen LogP contribution in [-0.2, 0) is 19.2 Å². The molecule has 0 fully saturated rings. The van der Waals surface area contributed by atoms with Gasteiger partial charge in [0.15, 0.2) is 6.10 Å². The Labute approximate surface area is 174 Å². The number of hydrogen-bond acceptors (Lipinski definition) is 5. The number of hydroxylamine groups is 1. The van der Waals surface area contributed by atoms with Gasteiger partial charge in [0.25, 0.3) is 0 Å². The summed E-state index contributed by atoms with van der Waals surface area (Å²) in [4.78, 5) is 39.4. The van der Waals surface area contributed by atoms with E-state index in [4.69, 9.17) is 14.7 Å². The van der Waals surface area contributed by atoms with Crippen LogP contribution in [0.4, 0.5) is 4.79 Å². The number of alkyl carbamates (subject to hydrolysis) is 1. The molecule has 0 spiro atoms. The van der Waals surface area contributed by atoms with Crippen molar-refractivity contribution in [2.75, 3.05) is 13.2 Å². The van der Waals surface area contributed by atoms with Crippen LogP contribution in [0, 0.1) is 5.92 Å². The standard InChI is InChI=1S/C22H24N2O6/c1-13(20(25)24-30-14(2)21(26)27)11-23-22(28)29-12-19-17-9-5-3-7-15(17)16-8-4-6-10-18(16)19/h3-10,13-14,19H,11-12H2,1-2H3,(H,23,28)(H,24,25)(H,26,27). The fourth-order valence-corrected chi connectivity index (χ4v) is 3.28. The molecule has 2 aromatic carbocycles. The zero-order valence-corrected chi connectivity index (χ0v) is 16.8. The molecule has 2 aromatic rings. The first-order chi connectivity index (χ1) is 14.4. The van der Waals surface area contributed by atoms with Gasteiger partial charge in [-0.3, -0.25) is 9.63 Å². The van der Waals surface area contributed by atoms with Crippen LogP contribution in [-0.4, -0.2) is 42.3 Å². The topological polar surface area (TPSA) is 114 Å². The van der Waals surface area contributed by atoms with Crippen molar-refractivity contribution in [2.24, 2.45) is 5.92 Å². The van der Waals surface area contributed by atoms with Crippen LogP contribution in [0.2, 0.25) is 0 Å². The van der Waals surface area contributed by atoms with E-state index in [2.05, 4.69) is 22.9 Å². The summed E-state index contributed by atoms with van der Waals surface area (Å²) in [5.74, 6) is -2.41. The van der Waals surface area contributed by atoms with Gasteiger partial charge < -0.3 is 15.2 Å². The molecule has 1 aliphatic rings. The summed E-state index contributed by atoms with van der Waals surface area (Å²) < 4.78 is 5.41. The Morgan fingerprint density at radius 3 is 2.13 bits per heavy atom. The Hall–Kier alpha value is -3.39. The van der Waals surface area contributed by atoms with Gasteiger partial charge in [0.1, 0.15) is 6.61 Å². The van der Waals surface area contributed by atoms with E-state index in [1.165, 1.54) is 6.92 Å². The molecule has 0 bridgehead atoms. The SMILES string of the molecule is CC(CNC(=O)OCC1c2ccccc2-c2ccccc21)C(=O)NOC(C)C(=O)O. The minimum atomic E-state index is -1.19. The molecule has 2 atom stereocenters. The lowest BCUT2D eigenvalue weighted by atomic mass is 9.98. The second-order valence-corrected chi connectivity index (χ2v) is 7.17. The second kappa shape index (κ2) is 9.41. The Morgan fingerprint density at radius 2 is 1.57 bits per heavy atom. The van der Waals surface area contributed by atoms with Gasteiger partial charge in [-0.2, -0.15) is 0 Å². The molecule has 0 radical (unpaired) electrons. The summed E-state index contributed by atoms with van der Waals surface area (Å²) in [5.41, 5.74) is 6.59. The smallest absolute Gasteiger partial charge is 0.407 e.